The van der Waals surface area contributed by atoms with Crippen LogP contribution in [0.25, 0.3) is 0 Å². The summed E-state index contributed by atoms with van der Waals surface area (Å²) < 4.78 is 5.12. The van der Waals surface area contributed by atoms with Crippen molar-refractivity contribution in [3.05, 3.63) is 29.8 Å². The van der Waals surface area contributed by atoms with E-state index in [2.05, 4.69) is 12.1 Å². The first-order chi connectivity index (χ1) is 7.35. The first kappa shape index (κ1) is 10.2. The molecule has 1 unspecified atom stereocenters. The first-order valence-electron chi connectivity index (χ1n) is 5.42. The Balaban J connectivity index is 2.14. The second-order valence-electron chi connectivity index (χ2n) is 4.12. The Labute approximate surface area is 90.3 Å². The van der Waals surface area contributed by atoms with Gasteiger partial charge in [0, 0.05) is 6.42 Å². The van der Waals surface area contributed by atoms with Crippen LogP contribution in [0.15, 0.2) is 24.3 Å². The van der Waals surface area contributed by atoms with E-state index in [1.54, 1.807) is 7.11 Å². The number of hydrogen-bond donors (Lipinski definition) is 0. The minimum Gasteiger partial charge on any atom is -0.497 e. The third kappa shape index (κ3) is 2.38. The van der Waals surface area contributed by atoms with Gasteiger partial charge in [0.05, 0.1) is 7.11 Å². The molecule has 1 saturated carbocycles. The van der Waals surface area contributed by atoms with Gasteiger partial charge in [-0.1, -0.05) is 12.1 Å². The van der Waals surface area contributed by atoms with Crippen molar-refractivity contribution in [2.24, 2.45) is 5.92 Å². The summed E-state index contributed by atoms with van der Waals surface area (Å²) in [5.41, 5.74) is 1.27. The van der Waals surface area contributed by atoms with Crippen molar-refractivity contribution < 1.29 is 9.53 Å². The lowest BCUT2D eigenvalue weighted by molar-refractivity contribution is -0.108. The molecule has 0 aliphatic heterocycles. The Morgan fingerprint density at radius 1 is 1.40 bits per heavy atom. The van der Waals surface area contributed by atoms with E-state index in [4.69, 9.17) is 4.74 Å². The lowest BCUT2D eigenvalue weighted by Crippen LogP contribution is -2.01. The molecular formula is C13H16O2. The highest BCUT2D eigenvalue weighted by atomic mass is 16.5. The molecule has 15 heavy (non-hydrogen) atoms. The Kier molecular flexibility index (Phi) is 3.05. The molecule has 0 N–H and O–H groups in total. The lowest BCUT2D eigenvalue weighted by Gasteiger charge is -2.13. The molecule has 2 heteroatoms. The van der Waals surface area contributed by atoms with Crippen LogP contribution < -0.4 is 4.74 Å². The zero-order valence-electron chi connectivity index (χ0n) is 8.98. The molecule has 1 fully saturated rings. The molecule has 0 spiro atoms. The smallest absolute Gasteiger partial charge is 0.120 e. The maximum absolute atomic E-state index is 10.6. The van der Waals surface area contributed by atoms with Gasteiger partial charge >= 0.3 is 0 Å². The van der Waals surface area contributed by atoms with Crippen molar-refractivity contribution in [3.63, 3.8) is 0 Å². The fourth-order valence-electron chi connectivity index (χ4n) is 2.05. The summed E-state index contributed by atoms with van der Waals surface area (Å²) in [5, 5.41) is 0. The molecule has 1 atom stereocenters. The largest absolute Gasteiger partial charge is 0.497 e. The van der Waals surface area contributed by atoms with Gasteiger partial charge in [-0.2, -0.15) is 0 Å². The Morgan fingerprint density at radius 3 is 2.53 bits per heavy atom. The number of ether oxygens (including phenoxy) is 1. The number of methoxy groups -OCH3 is 1. The van der Waals surface area contributed by atoms with Crippen LogP contribution in [-0.2, 0) is 4.79 Å². The normalized spacial score (nSPS) is 17.1. The Morgan fingerprint density at radius 2 is 2.07 bits per heavy atom. The van der Waals surface area contributed by atoms with Crippen LogP contribution >= 0.6 is 0 Å². The molecule has 1 aliphatic rings. The Hall–Kier alpha value is -1.31. The minimum absolute atomic E-state index is 0.424. The molecule has 1 aromatic rings. The fraction of sp³-hybridized carbons (Fsp3) is 0.462. The van der Waals surface area contributed by atoms with Crippen LogP contribution in [0.1, 0.15) is 30.7 Å². The fourth-order valence-corrected chi connectivity index (χ4v) is 2.05. The predicted octanol–water partition coefficient (Wildman–Crippen LogP) is 2.78. The quantitative estimate of drug-likeness (QED) is 0.689. The Bertz CT molecular complexity index is 325. The maximum atomic E-state index is 10.6. The number of hydrogen-bond acceptors (Lipinski definition) is 2. The van der Waals surface area contributed by atoms with Crippen LogP contribution in [0.2, 0.25) is 0 Å². The predicted molar refractivity (Wildman–Crippen MR) is 59.1 cm³/mol. The highest BCUT2D eigenvalue weighted by Crippen LogP contribution is 2.44. The van der Waals surface area contributed by atoms with E-state index in [0.29, 0.717) is 12.3 Å². The molecule has 0 bridgehead atoms. The van der Waals surface area contributed by atoms with Crippen molar-refractivity contribution in [3.8, 4) is 5.75 Å². The third-order valence-electron chi connectivity index (χ3n) is 3.09. The van der Waals surface area contributed by atoms with Gasteiger partial charge in [-0.15, -0.1) is 0 Å². The summed E-state index contributed by atoms with van der Waals surface area (Å²) in [5.74, 6) is 2.02. The van der Waals surface area contributed by atoms with E-state index in [0.717, 1.165) is 18.0 Å². The third-order valence-corrected chi connectivity index (χ3v) is 3.09. The van der Waals surface area contributed by atoms with E-state index in [-0.39, 0.29) is 0 Å². The summed E-state index contributed by atoms with van der Waals surface area (Å²) in [6.07, 6.45) is 4.22. The monoisotopic (exact) mass is 204 g/mol. The highest BCUT2D eigenvalue weighted by Gasteiger charge is 2.31. The molecule has 2 nitrogen and oxygen atoms in total. The van der Waals surface area contributed by atoms with Gasteiger partial charge in [0.1, 0.15) is 12.0 Å². The number of carbonyl (C=O) groups is 1. The number of aldehydes is 1. The van der Waals surface area contributed by atoms with Gasteiger partial charge in [-0.3, -0.25) is 0 Å². The van der Waals surface area contributed by atoms with Crippen molar-refractivity contribution in [1.29, 1.82) is 0 Å². The van der Waals surface area contributed by atoms with Crippen molar-refractivity contribution >= 4 is 6.29 Å². The molecule has 1 aromatic carbocycles. The number of carbonyl (C=O) groups excluding carboxylic acids is 1. The molecular weight excluding hydrogens is 188 g/mol. The highest BCUT2D eigenvalue weighted by molar-refractivity contribution is 5.52. The summed E-state index contributed by atoms with van der Waals surface area (Å²) in [6.45, 7) is 0. The van der Waals surface area contributed by atoms with Gasteiger partial charge < -0.3 is 9.53 Å². The number of rotatable bonds is 5. The zero-order valence-corrected chi connectivity index (χ0v) is 8.98. The molecule has 0 radical (unpaired) electrons. The van der Waals surface area contributed by atoms with Crippen LogP contribution in [0.3, 0.4) is 0 Å². The van der Waals surface area contributed by atoms with Crippen molar-refractivity contribution in [2.45, 2.75) is 25.2 Å². The van der Waals surface area contributed by atoms with Gasteiger partial charge in [0.15, 0.2) is 0 Å². The van der Waals surface area contributed by atoms with E-state index in [1.165, 1.54) is 18.4 Å². The molecule has 1 aliphatic carbocycles. The van der Waals surface area contributed by atoms with E-state index in [9.17, 15) is 4.79 Å². The summed E-state index contributed by atoms with van der Waals surface area (Å²) >= 11 is 0. The molecule has 0 amide bonds. The zero-order chi connectivity index (χ0) is 10.7. The van der Waals surface area contributed by atoms with Gasteiger partial charge in [-0.05, 0) is 42.4 Å². The topological polar surface area (TPSA) is 26.3 Å². The van der Waals surface area contributed by atoms with Crippen molar-refractivity contribution in [2.75, 3.05) is 7.11 Å². The molecule has 2 rings (SSSR count). The average molecular weight is 204 g/mol. The van der Waals surface area contributed by atoms with Crippen LogP contribution in [-0.4, -0.2) is 13.4 Å². The summed E-state index contributed by atoms with van der Waals surface area (Å²) in [6, 6.07) is 8.08. The van der Waals surface area contributed by atoms with Gasteiger partial charge in [-0.25, -0.2) is 0 Å². The van der Waals surface area contributed by atoms with Crippen LogP contribution in [0, 0.1) is 5.92 Å². The first-order valence-corrected chi connectivity index (χ1v) is 5.42. The second kappa shape index (κ2) is 4.47. The van der Waals surface area contributed by atoms with Crippen LogP contribution in [0.5, 0.6) is 5.75 Å². The van der Waals surface area contributed by atoms with E-state index in [1.807, 2.05) is 12.1 Å². The SMILES string of the molecule is COc1ccc(C(CC=O)C2CC2)cc1. The van der Waals surface area contributed by atoms with E-state index < -0.39 is 0 Å². The summed E-state index contributed by atoms with van der Waals surface area (Å²) in [7, 11) is 1.67. The maximum Gasteiger partial charge on any atom is 0.120 e. The molecule has 80 valence electrons. The molecule has 0 heterocycles. The van der Waals surface area contributed by atoms with E-state index >= 15 is 0 Å². The van der Waals surface area contributed by atoms with Crippen LogP contribution in [0.4, 0.5) is 0 Å². The number of benzene rings is 1. The molecule has 0 saturated heterocycles. The van der Waals surface area contributed by atoms with Crippen molar-refractivity contribution in [1.82, 2.24) is 0 Å². The average Bonchev–Trinajstić information content (AvgIpc) is 3.10. The van der Waals surface area contributed by atoms with Gasteiger partial charge in [0.25, 0.3) is 0 Å². The minimum atomic E-state index is 0.424. The lowest BCUT2D eigenvalue weighted by atomic mass is 9.91. The molecule has 0 aromatic heterocycles. The van der Waals surface area contributed by atoms with Gasteiger partial charge in [0.2, 0.25) is 0 Å². The standard InChI is InChI=1S/C13H16O2/c1-15-12-6-4-11(5-7-12)13(8-9-14)10-2-3-10/h4-7,9-10,13H,2-3,8H2,1H3. The second-order valence-corrected chi connectivity index (χ2v) is 4.12. The summed E-state index contributed by atoms with van der Waals surface area (Å²) in [4.78, 5) is 10.6.